The third kappa shape index (κ3) is 3.88. The predicted octanol–water partition coefficient (Wildman–Crippen LogP) is 3.13. The topological polar surface area (TPSA) is 193 Å². The highest BCUT2D eigenvalue weighted by molar-refractivity contribution is 7.93. The number of sulfonamides is 1. The van der Waals surface area contributed by atoms with Crippen LogP contribution in [0.4, 0.5) is 5.69 Å². The molecule has 0 saturated carbocycles. The molecule has 5 rings (SSSR count). The molecule has 0 atom stereocenters. The van der Waals surface area contributed by atoms with E-state index in [2.05, 4.69) is 0 Å². The van der Waals surface area contributed by atoms with Crippen LogP contribution in [0.15, 0.2) is 81.4 Å². The Balaban J connectivity index is 1.56. The summed E-state index contributed by atoms with van der Waals surface area (Å²) in [6.07, 6.45) is 0. The number of phenols is 6. The summed E-state index contributed by atoms with van der Waals surface area (Å²) >= 11 is 0. The van der Waals surface area contributed by atoms with Crippen LogP contribution < -0.4 is 4.31 Å². The van der Waals surface area contributed by atoms with Gasteiger partial charge < -0.3 is 30.6 Å². The number of phenolic OH excluding ortho intramolecular Hbond substituents is 6. The number of sulfone groups is 1. The molecule has 38 heavy (non-hydrogen) atoms. The van der Waals surface area contributed by atoms with Crippen molar-refractivity contribution < 1.29 is 47.5 Å². The highest BCUT2D eigenvalue weighted by Crippen LogP contribution is 2.50. The maximum absolute atomic E-state index is 13.6. The van der Waals surface area contributed by atoms with Crippen molar-refractivity contribution in [3.05, 3.63) is 72.3 Å². The molecule has 0 fully saturated rings. The van der Waals surface area contributed by atoms with Crippen molar-refractivity contribution in [2.24, 2.45) is 0 Å². The Morgan fingerprint density at radius 3 is 1.76 bits per heavy atom. The van der Waals surface area contributed by atoms with Crippen LogP contribution >= 0.6 is 0 Å². The molecule has 11 nitrogen and oxygen atoms in total. The average molecular weight is 558 g/mol. The minimum absolute atomic E-state index is 0.000409. The van der Waals surface area contributed by atoms with Gasteiger partial charge in [0.25, 0.3) is 10.0 Å². The molecule has 0 bridgehead atoms. The molecule has 196 valence electrons. The van der Waals surface area contributed by atoms with Crippen LogP contribution in [0.5, 0.6) is 34.5 Å². The van der Waals surface area contributed by atoms with Crippen LogP contribution in [0.2, 0.25) is 0 Å². The molecule has 1 aliphatic heterocycles. The molecule has 0 spiro atoms. The number of benzene rings is 4. The summed E-state index contributed by atoms with van der Waals surface area (Å²) in [4.78, 5) is -0.763. The molecule has 1 aliphatic rings. The number of aromatic hydroxyl groups is 6. The Labute approximate surface area is 216 Å². The highest BCUT2D eigenvalue weighted by atomic mass is 32.2. The minimum Gasteiger partial charge on any atom is -0.504 e. The van der Waals surface area contributed by atoms with E-state index in [1.54, 1.807) is 0 Å². The van der Waals surface area contributed by atoms with Gasteiger partial charge in [-0.2, -0.15) is 0 Å². The van der Waals surface area contributed by atoms with Crippen LogP contribution in [0.3, 0.4) is 0 Å². The molecule has 0 aliphatic carbocycles. The molecule has 0 saturated heterocycles. The molecule has 0 radical (unpaired) electrons. The Morgan fingerprint density at radius 1 is 0.605 bits per heavy atom. The average Bonchev–Trinajstić information content (AvgIpc) is 2.86. The van der Waals surface area contributed by atoms with E-state index in [9.17, 15) is 47.5 Å². The van der Waals surface area contributed by atoms with Gasteiger partial charge in [-0.3, -0.25) is 4.31 Å². The lowest BCUT2D eigenvalue weighted by Crippen LogP contribution is -2.33. The Hall–Kier alpha value is -4.62. The Bertz CT molecular complexity index is 1830. The van der Waals surface area contributed by atoms with E-state index in [1.165, 1.54) is 24.3 Å². The van der Waals surface area contributed by atoms with Gasteiger partial charge in [-0.1, -0.05) is 12.1 Å². The van der Waals surface area contributed by atoms with Crippen LogP contribution in [0, 0.1) is 0 Å². The quantitative estimate of drug-likeness (QED) is 0.203. The molecule has 6 N–H and O–H groups in total. The first-order chi connectivity index (χ1) is 17.8. The largest absolute Gasteiger partial charge is 0.504 e. The molecule has 4 aromatic carbocycles. The summed E-state index contributed by atoms with van der Waals surface area (Å²) in [6, 6.07) is 12.4. The molecule has 0 aromatic heterocycles. The van der Waals surface area contributed by atoms with Crippen molar-refractivity contribution in [1.82, 2.24) is 0 Å². The number of anilines is 1. The van der Waals surface area contributed by atoms with Gasteiger partial charge in [0.15, 0.2) is 34.5 Å². The summed E-state index contributed by atoms with van der Waals surface area (Å²) in [6.45, 7) is -0.318. The first kappa shape index (κ1) is 25.0. The van der Waals surface area contributed by atoms with E-state index < -0.39 is 54.4 Å². The van der Waals surface area contributed by atoms with Gasteiger partial charge in [0.1, 0.15) is 0 Å². The first-order valence-electron chi connectivity index (χ1n) is 10.8. The van der Waals surface area contributed by atoms with E-state index in [0.29, 0.717) is 5.56 Å². The van der Waals surface area contributed by atoms with Gasteiger partial charge in [-0.25, -0.2) is 16.8 Å². The monoisotopic (exact) mass is 557 g/mol. The lowest BCUT2D eigenvalue weighted by Gasteiger charge is -2.32. The fourth-order valence-electron chi connectivity index (χ4n) is 4.13. The zero-order valence-corrected chi connectivity index (χ0v) is 20.8. The van der Waals surface area contributed by atoms with Gasteiger partial charge >= 0.3 is 0 Å². The van der Waals surface area contributed by atoms with E-state index in [-0.39, 0.29) is 38.0 Å². The maximum Gasteiger partial charge on any atom is 0.265 e. The van der Waals surface area contributed by atoms with Gasteiger partial charge in [0.05, 0.1) is 26.9 Å². The Morgan fingerprint density at radius 2 is 1.13 bits per heavy atom. The smallest absolute Gasteiger partial charge is 0.265 e. The van der Waals surface area contributed by atoms with Gasteiger partial charge in [-0.15, -0.1) is 0 Å². The summed E-state index contributed by atoms with van der Waals surface area (Å²) in [5, 5.41) is 59.2. The molecular formula is C25H19NO10S2. The fraction of sp³-hybridized carbons (Fsp3) is 0.0400. The molecule has 0 unspecified atom stereocenters. The van der Waals surface area contributed by atoms with Gasteiger partial charge in [0.2, 0.25) is 9.84 Å². The molecule has 0 amide bonds. The van der Waals surface area contributed by atoms with Crippen molar-refractivity contribution in [3.8, 4) is 45.6 Å². The lowest BCUT2D eigenvalue weighted by atomic mass is 10.0. The van der Waals surface area contributed by atoms with Crippen LogP contribution in [0.1, 0.15) is 5.56 Å². The standard InChI is InChI=1S/C25H19NO10S2/c27-19-6-5-15(7-20(19)28)37(33,34)14-3-1-13(2-4-14)12-26-18-10-23(31)21(29)8-16(18)17-9-22(30)24(32)11-25(17)38(26,35)36/h1-11,27-32H,12H2. The second kappa shape index (κ2) is 8.46. The molecular weight excluding hydrogens is 538 g/mol. The second-order valence-corrected chi connectivity index (χ2v) is 12.3. The zero-order valence-electron chi connectivity index (χ0n) is 19.1. The number of hydrogen-bond acceptors (Lipinski definition) is 10. The summed E-state index contributed by atoms with van der Waals surface area (Å²) < 4.78 is 53.9. The number of hydrogen-bond donors (Lipinski definition) is 6. The van der Waals surface area contributed by atoms with Crippen molar-refractivity contribution >= 4 is 25.5 Å². The third-order valence-corrected chi connectivity index (χ3v) is 9.68. The fourth-order valence-corrected chi connectivity index (χ4v) is 7.09. The van der Waals surface area contributed by atoms with E-state index in [1.807, 2.05) is 0 Å². The van der Waals surface area contributed by atoms with E-state index >= 15 is 0 Å². The molecule has 1 heterocycles. The van der Waals surface area contributed by atoms with E-state index in [0.717, 1.165) is 46.8 Å². The summed E-state index contributed by atoms with van der Waals surface area (Å²) in [5.74, 6) is -3.46. The van der Waals surface area contributed by atoms with Crippen molar-refractivity contribution in [3.63, 3.8) is 0 Å². The zero-order chi connectivity index (χ0) is 27.6. The maximum atomic E-state index is 13.6. The number of nitrogens with zero attached hydrogens (tertiary/aromatic N) is 1. The van der Waals surface area contributed by atoms with Gasteiger partial charge in [0, 0.05) is 29.3 Å². The normalized spacial score (nSPS) is 14.1. The van der Waals surface area contributed by atoms with Crippen molar-refractivity contribution in [2.45, 2.75) is 21.2 Å². The van der Waals surface area contributed by atoms with Crippen LogP contribution in [-0.2, 0) is 26.4 Å². The third-order valence-electron chi connectivity index (χ3n) is 6.11. The first-order valence-corrected chi connectivity index (χ1v) is 13.7. The van der Waals surface area contributed by atoms with Crippen LogP contribution in [-0.4, -0.2) is 47.5 Å². The predicted molar refractivity (Wildman–Crippen MR) is 134 cm³/mol. The number of fused-ring (bicyclic) bond motifs is 3. The Kier molecular flexibility index (Phi) is 5.58. The van der Waals surface area contributed by atoms with Crippen molar-refractivity contribution in [2.75, 3.05) is 4.31 Å². The minimum atomic E-state index is -4.35. The van der Waals surface area contributed by atoms with Gasteiger partial charge in [-0.05, 0) is 42.0 Å². The van der Waals surface area contributed by atoms with E-state index in [4.69, 9.17) is 0 Å². The summed E-state index contributed by atoms with van der Waals surface area (Å²) in [5.41, 5.74) is 0.493. The number of rotatable bonds is 4. The van der Waals surface area contributed by atoms with Crippen LogP contribution in [0.25, 0.3) is 11.1 Å². The second-order valence-electron chi connectivity index (χ2n) is 8.50. The van der Waals surface area contributed by atoms with Crippen molar-refractivity contribution in [1.29, 1.82) is 0 Å². The SMILES string of the molecule is O=S(=O)(c1ccc(CN2c3cc(O)c(O)cc3-c3cc(O)c(O)cc3S2(=O)=O)cc1)c1ccc(O)c(O)c1. The molecule has 4 aromatic rings. The lowest BCUT2D eigenvalue weighted by molar-refractivity contribution is 0.402. The summed E-state index contributed by atoms with van der Waals surface area (Å²) in [7, 11) is -8.43. The molecule has 13 heteroatoms. The highest BCUT2D eigenvalue weighted by Gasteiger charge is 2.37.